The quantitative estimate of drug-likeness (QED) is 0.206. The smallest absolute Gasteiger partial charge is 0.475 e. The molecule has 4 aromatic heterocycles. The number of hydrogen-bond acceptors (Lipinski definition) is 6. The molecule has 0 fully saturated rings. The molecule has 5 rings (SSSR count). The second kappa shape index (κ2) is 11.9. The number of aliphatic carboxylic acids is 1. The van der Waals surface area contributed by atoms with Gasteiger partial charge in [0.05, 0.1) is 11.9 Å². The van der Waals surface area contributed by atoms with Gasteiger partial charge in [0, 0.05) is 41.6 Å². The number of carboxylic acids is 1. The minimum absolute atomic E-state index is 0.344. The fourth-order valence-corrected chi connectivity index (χ4v) is 3.48. The van der Waals surface area contributed by atoms with Gasteiger partial charge in [-0.1, -0.05) is 12.1 Å². The molecule has 0 aliphatic rings. The van der Waals surface area contributed by atoms with Gasteiger partial charge in [-0.2, -0.15) is 26.3 Å². The average molecular weight is 592 g/mol. The average Bonchev–Trinajstić information content (AvgIpc) is 3.62. The molecule has 4 heterocycles. The highest BCUT2D eigenvalue weighted by molar-refractivity contribution is 5.90. The van der Waals surface area contributed by atoms with E-state index in [1.807, 2.05) is 28.8 Å². The summed E-state index contributed by atoms with van der Waals surface area (Å²) in [7, 11) is 0. The number of benzene rings is 1. The molecule has 0 atom stereocenters. The van der Waals surface area contributed by atoms with E-state index in [9.17, 15) is 31.1 Å². The first kappa shape index (κ1) is 29.5. The van der Waals surface area contributed by atoms with Gasteiger partial charge < -0.3 is 20.7 Å². The molecule has 0 aliphatic carbocycles. The number of aromatic amines is 1. The lowest BCUT2D eigenvalue weighted by molar-refractivity contribution is -0.192. The van der Waals surface area contributed by atoms with Gasteiger partial charge in [-0.3, -0.25) is 4.40 Å². The Hall–Kier alpha value is -5.48. The van der Waals surface area contributed by atoms with Crippen LogP contribution in [0.3, 0.4) is 0 Å². The number of imidazole rings is 2. The molecule has 4 N–H and O–H groups in total. The Morgan fingerprint density at radius 3 is 2.38 bits per heavy atom. The normalized spacial score (nSPS) is 11.5. The van der Waals surface area contributed by atoms with E-state index in [1.165, 1.54) is 0 Å². The molecule has 17 heteroatoms. The third-order valence-electron chi connectivity index (χ3n) is 5.28. The summed E-state index contributed by atoms with van der Waals surface area (Å²) < 4.78 is 70.5. The van der Waals surface area contributed by atoms with Crippen LogP contribution in [-0.2, 0) is 4.79 Å². The van der Waals surface area contributed by atoms with E-state index < -0.39 is 30.9 Å². The number of aromatic nitrogens is 6. The number of alkyl halides is 6. The van der Waals surface area contributed by atoms with Gasteiger partial charge in [0.1, 0.15) is 17.9 Å². The van der Waals surface area contributed by atoms with Gasteiger partial charge in [-0.15, -0.1) is 0 Å². The summed E-state index contributed by atoms with van der Waals surface area (Å²) >= 11 is 0. The molecule has 218 valence electrons. The zero-order valence-corrected chi connectivity index (χ0v) is 20.9. The maximum Gasteiger partial charge on any atom is 0.490 e. The van der Waals surface area contributed by atoms with Crippen molar-refractivity contribution in [1.29, 1.82) is 0 Å². The van der Waals surface area contributed by atoms with Gasteiger partial charge in [0.15, 0.2) is 11.6 Å². The summed E-state index contributed by atoms with van der Waals surface area (Å²) in [4.78, 5) is 41.3. The van der Waals surface area contributed by atoms with E-state index in [2.05, 4.69) is 30.2 Å². The first-order valence-corrected chi connectivity index (χ1v) is 11.6. The molecular weight excluding hydrogens is 574 g/mol. The Labute approximate surface area is 231 Å². The van der Waals surface area contributed by atoms with Crippen molar-refractivity contribution in [1.82, 2.24) is 34.6 Å². The first-order chi connectivity index (χ1) is 19.8. The number of pyridine rings is 1. The minimum Gasteiger partial charge on any atom is -0.475 e. The monoisotopic (exact) mass is 592 g/mol. The van der Waals surface area contributed by atoms with Crippen LogP contribution in [-0.4, -0.2) is 65.3 Å². The molecule has 0 spiro atoms. The maximum atomic E-state index is 12.3. The van der Waals surface area contributed by atoms with Crippen molar-refractivity contribution < 1.29 is 41.0 Å². The van der Waals surface area contributed by atoms with Gasteiger partial charge >= 0.3 is 24.4 Å². The van der Waals surface area contributed by atoms with E-state index in [0.717, 1.165) is 16.8 Å². The van der Waals surface area contributed by atoms with Gasteiger partial charge in [-0.05, 0) is 30.3 Å². The lowest BCUT2D eigenvalue weighted by atomic mass is 10.1. The number of rotatable bonds is 5. The second-order valence-electron chi connectivity index (χ2n) is 8.30. The number of nitrogens with zero attached hydrogens (tertiary/aromatic N) is 5. The van der Waals surface area contributed by atoms with E-state index in [1.54, 1.807) is 54.4 Å². The van der Waals surface area contributed by atoms with Crippen molar-refractivity contribution in [2.75, 3.05) is 11.9 Å². The predicted octanol–water partition coefficient (Wildman–Crippen LogP) is 5.17. The van der Waals surface area contributed by atoms with Gasteiger partial charge in [0.2, 0.25) is 0 Å². The molecule has 0 unspecified atom stereocenters. The zero-order valence-electron chi connectivity index (χ0n) is 20.9. The molecule has 11 nitrogen and oxygen atoms in total. The summed E-state index contributed by atoms with van der Waals surface area (Å²) in [5.74, 6) is -1.60. The molecule has 1 aromatic carbocycles. The van der Waals surface area contributed by atoms with E-state index in [0.29, 0.717) is 28.7 Å². The first-order valence-electron chi connectivity index (χ1n) is 11.6. The Morgan fingerprint density at radius 1 is 0.952 bits per heavy atom. The zero-order chi connectivity index (χ0) is 30.5. The van der Waals surface area contributed by atoms with Crippen LogP contribution in [0.5, 0.6) is 0 Å². The third kappa shape index (κ3) is 7.58. The highest BCUT2D eigenvalue weighted by Gasteiger charge is 2.38. The van der Waals surface area contributed by atoms with Crippen molar-refractivity contribution in [2.24, 2.45) is 0 Å². The number of nitrogens with one attached hydrogen (secondary N) is 3. The molecule has 0 saturated heterocycles. The SMILES string of the molecule is O=C(NCC(F)(F)F)Nc1cccc(-c2cnc3cc(-c4nccc(-c5ncc[nH]5)n4)ccn23)c1.O=C(O)C(F)(F)F. The van der Waals surface area contributed by atoms with Crippen LogP contribution in [0.4, 0.5) is 36.8 Å². The number of anilines is 1. The Kier molecular flexibility index (Phi) is 8.39. The fourth-order valence-electron chi connectivity index (χ4n) is 3.48. The minimum atomic E-state index is -5.08. The van der Waals surface area contributed by atoms with Crippen LogP contribution in [0.25, 0.3) is 39.8 Å². The van der Waals surface area contributed by atoms with Crippen molar-refractivity contribution >= 4 is 23.3 Å². The number of fused-ring (bicyclic) bond motifs is 1. The second-order valence-corrected chi connectivity index (χ2v) is 8.30. The summed E-state index contributed by atoms with van der Waals surface area (Å²) in [6.45, 7) is -1.41. The molecule has 42 heavy (non-hydrogen) atoms. The van der Waals surface area contributed by atoms with Crippen molar-refractivity contribution in [3.63, 3.8) is 0 Å². The third-order valence-corrected chi connectivity index (χ3v) is 5.28. The van der Waals surface area contributed by atoms with E-state index in [4.69, 9.17) is 9.90 Å². The summed E-state index contributed by atoms with van der Waals surface area (Å²) in [5.41, 5.74) is 3.86. The number of carbonyl (C=O) groups is 2. The fraction of sp³-hybridized carbons (Fsp3) is 0.120. The van der Waals surface area contributed by atoms with Crippen LogP contribution in [0, 0.1) is 0 Å². The van der Waals surface area contributed by atoms with Crippen LogP contribution in [0.2, 0.25) is 0 Å². The highest BCUT2D eigenvalue weighted by atomic mass is 19.4. The van der Waals surface area contributed by atoms with Crippen molar-refractivity contribution in [3.05, 3.63) is 73.4 Å². The summed E-state index contributed by atoms with van der Waals surface area (Å²) in [6, 6.07) is 11.3. The standard InChI is InChI=1S/C23H17F3N8O.C2HF3O2/c24-23(25,26)13-31-22(35)32-16-3-1-2-14(10-16)18-12-30-19-11-15(5-9-34(18)19)20-27-6-4-17(33-20)21-28-7-8-29-21;3-2(4,5)1(6)7/h1-12H,13H2,(H,28,29)(H2,31,32,35);(H,6,7). The van der Waals surface area contributed by atoms with E-state index in [-0.39, 0.29) is 0 Å². The topological polar surface area (TPSA) is 150 Å². The number of urea groups is 1. The predicted molar refractivity (Wildman–Crippen MR) is 136 cm³/mol. The van der Waals surface area contributed by atoms with Gasteiger partial charge in [0.25, 0.3) is 0 Å². The van der Waals surface area contributed by atoms with Crippen molar-refractivity contribution in [3.8, 4) is 34.2 Å². The molecule has 0 bridgehead atoms. The van der Waals surface area contributed by atoms with Crippen LogP contribution in [0.1, 0.15) is 0 Å². The van der Waals surface area contributed by atoms with Gasteiger partial charge in [-0.25, -0.2) is 29.5 Å². The lowest BCUT2D eigenvalue weighted by Gasteiger charge is -2.11. The molecule has 0 aliphatic heterocycles. The summed E-state index contributed by atoms with van der Waals surface area (Å²) in [6.07, 6.45) is -1.05. The molecular formula is C25H18F6N8O3. The maximum absolute atomic E-state index is 12.3. The number of amides is 2. The number of carboxylic acid groups (broad SMARTS) is 1. The van der Waals surface area contributed by atoms with Crippen molar-refractivity contribution in [2.45, 2.75) is 12.4 Å². The Morgan fingerprint density at radius 2 is 1.71 bits per heavy atom. The van der Waals surface area contributed by atoms with Crippen LogP contribution < -0.4 is 10.6 Å². The van der Waals surface area contributed by atoms with E-state index >= 15 is 0 Å². The largest absolute Gasteiger partial charge is 0.490 e. The lowest BCUT2D eigenvalue weighted by Crippen LogP contribution is -2.36. The molecule has 5 aromatic rings. The van der Waals surface area contributed by atoms with Crippen LogP contribution in [0.15, 0.2) is 73.4 Å². The molecule has 2 amide bonds. The number of hydrogen-bond donors (Lipinski definition) is 4. The number of halogens is 6. The summed E-state index contributed by atoms with van der Waals surface area (Å²) in [5, 5.41) is 11.3. The number of carbonyl (C=O) groups excluding carboxylic acids is 1. The Bertz CT molecular complexity index is 1700. The molecule has 0 radical (unpaired) electrons. The highest BCUT2D eigenvalue weighted by Crippen LogP contribution is 2.26. The number of H-pyrrole nitrogens is 1. The Balaban J connectivity index is 0.000000517. The van der Waals surface area contributed by atoms with Crippen LogP contribution >= 0.6 is 0 Å². The molecule has 0 saturated carbocycles.